The van der Waals surface area contributed by atoms with Gasteiger partial charge in [0.25, 0.3) is 0 Å². The molecule has 0 atom stereocenters. The molecule has 0 saturated carbocycles. The SMILES string of the molecule is Cc1cc2c(nc(-c3[c-]ccc4c3oc3ccccc34)n2-c2c(C(C)C)cc(-c3ccccc3)cc2C(C)C)c(C)n1.[2H]C([2H])([2H])c1c[c-]c(-c2cc(C(C)C)[c]([Ge]([CH3])([CH3])[CH3])cn2)cc1.[Ir]. The van der Waals surface area contributed by atoms with E-state index in [-0.39, 0.29) is 31.9 Å². The molecule has 1 radical (unpaired) electrons. The molecule has 0 bridgehead atoms. The summed E-state index contributed by atoms with van der Waals surface area (Å²) in [6.07, 6.45) is 2.02. The molecule has 5 aromatic carbocycles. The third-order valence-corrected chi connectivity index (χ3v) is 16.0. The molecule has 7 heteroatoms. The van der Waals surface area contributed by atoms with Gasteiger partial charge in [-0.15, -0.1) is 18.2 Å². The van der Waals surface area contributed by atoms with E-state index in [2.05, 4.69) is 160 Å². The van der Waals surface area contributed by atoms with Crippen molar-refractivity contribution in [3.05, 3.63) is 161 Å². The van der Waals surface area contributed by atoms with E-state index >= 15 is 0 Å². The molecule has 5 nitrogen and oxygen atoms in total. The number of imidazole rings is 1. The van der Waals surface area contributed by atoms with Crippen LogP contribution in [0.3, 0.4) is 0 Å². The predicted molar refractivity (Wildman–Crippen MR) is 264 cm³/mol. The molecule has 0 fully saturated rings. The third kappa shape index (κ3) is 9.14. The minimum atomic E-state index is -2.09. The van der Waals surface area contributed by atoms with Crippen LogP contribution in [0.15, 0.2) is 120 Å². The Kier molecular flexibility index (Phi) is 12.3. The van der Waals surface area contributed by atoms with E-state index in [4.69, 9.17) is 18.5 Å². The first-order valence-corrected chi connectivity index (χ1v) is 29.1. The Balaban J connectivity index is 0.000000230. The van der Waals surface area contributed by atoms with Crippen molar-refractivity contribution in [3.8, 4) is 39.5 Å². The van der Waals surface area contributed by atoms with Gasteiger partial charge in [0.15, 0.2) is 0 Å². The van der Waals surface area contributed by atoms with Crippen LogP contribution in [0.4, 0.5) is 0 Å². The third-order valence-electron chi connectivity index (χ3n) is 11.7. The number of aromatic nitrogens is 4. The first-order valence-electron chi connectivity index (χ1n) is 23.3. The molecule has 9 aromatic rings. The predicted octanol–water partition coefficient (Wildman–Crippen LogP) is 14.8. The van der Waals surface area contributed by atoms with Crippen LogP contribution in [-0.4, -0.2) is 32.8 Å². The molecule has 0 amide bonds. The van der Waals surface area contributed by atoms with E-state index in [1.54, 1.807) is 18.2 Å². The van der Waals surface area contributed by atoms with Gasteiger partial charge in [-0.25, -0.2) is 0 Å². The molecule has 0 aliphatic heterocycles. The zero-order valence-electron chi connectivity index (χ0n) is 41.2. The van der Waals surface area contributed by atoms with Crippen LogP contribution in [0.1, 0.15) is 97.1 Å². The van der Waals surface area contributed by atoms with Gasteiger partial charge in [0.1, 0.15) is 5.58 Å². The summed E-state index contributed by atoms with van der Waals surface area (Å²) >= 11 is -1.97. The number of para-hydroxylation sites is 1. The summed E-state index contributed by atoms with van der Waals surface area (Å²) in [5.74, 6) is 8.95. The second kappa shape index (κ2) is 18.5. The second-order valence-corrected chi connectivity index (χ2v) is 29.0. The van der Waals surface area contributed by atoms with Gasteiger partial charge in [-0.2, -0.15) is 0 Å². The maximum Gasteiger partial charge on any atom is 0 e. The molecule has 9 rings (SSSR count). The van der Waals surface area contributed by atoms with E-state index in [0.717, 1.165) is 67.0 Å². The van der Waals surface area contributed by atoms with Crippen LogP contribution >= 0.6 is 0 Å². The minimum absolute atomic E-state index is 0. The first-order chi connectivity index (χ1) is 30.8. The summed E-state index contributed by atoms with van der Waals surface area (Å²) in [5, 5.41) is 2.16. The number of hydrogen-bond donors (Lipinski definition) is 0. The van der Waals surface area contributed by atoms with Gasteiger partial charge in [-0.3, -0.25) is 9.97 Å². The van der Waals surface area contributed by atoms with E-state index in [9.17, 15) is 0 Å². The number of pyridine rings is 2. The maximum atomic E-state index is 7.44. The zero-order valence-corrected chi connectivity index (χ0v) is 42.7. The van der Waals surface area contributed by atoms with Crippen LogP contribution in [0.5, 0.6) is 0 Å². The number of furan rings is 1. The summed E-state index contributed by atoms with van der Waals surface area (Å²) in [7, 11) is 0. The number of fused-ring (bicyclic) bond motifs is 4. The van der Waals surface area contributed by atoms with E-state index < -0.39 is 20.1 Å². The molecule has 0 aliphatic carbocycles. The van der Waals surface area contributed by atoms with Crippen molar-refractivity contribution in [2.24, 2.45) is 0 Å². The van der Waals surface area contributed by atoms with Gasteiger partial charge in [0.2, 0.25) is 0 Å². The fourth-order valence-electron chi connectivity index (χ4n) is 8.55. The van der Waals surface area contributed by atoms with Crippen LogP contribution in [0, 0.1) is 32.8 Å². The smallest absolute Gasteiger partial charge is 0 e. The Hall–Kier alpha value is -5.14. The summed E-state index contributed by atoms with van der Waals surface area (Å²) in [6.45, 7) is 15.5. The van der Waals surface area contributed by atoms with E-state index in [1.807, 2.05) is 31.3 Å². The molecular weight excluding hydrogens is 1010 g/mol. The standard InChI is InChI=1S/C38H34N3O.C18H24GeN.Ir/c1-22(2)31-20-27(26-13-8-7-9-14-26)21-32(23(3)4)36(31)41-33-19-24(5)39-25(6)35(33)40-38(41)30-17-12-16-29-28-15-10-11-18-34(28)42-37(29)30;1-13(2)16-11-18(15-9-7-14(3)8-10-15)20-12-17(16)19(4,5)6;/h7-16,18-23H,1-6H3;7-9,11-13H,1-6H3;/q2*-1;/i;3D3;. The topological polar surface area (TPSA) is 56.7 Å². The Bertz CT molecular complexity index is 3150. The Labute approximate surface area is 394 Å². The van der Waals surface area contributed by atoms with Crippen LogP contribution in [0.25, 0.3) is 72.4 Å². The first kappa shape index (κ1) is 41.8. The fourth-order valence-corrected chi connectivity index (χ4v) is 12.1. The van der Waals surface area contributed by atoms with Gasteiger partial charge in [0.05, 0.1) is 28.1 Å². The second-order valence-electron chi connectivity index (χ2n) is 18.4. The molecule has 0 saturated heterocycles. The molecule has 63 heavy (non-hydrogen) atoms. The van der Waals surface area contributed by atoms with Gasteiger partial charge in [-0.1, -0.05) is 87.2 Å². The number of nitrogens with zero attached hydrogens (tertiary/aromatic N) is 4. The Morgan fingerprint density at radius 2 is 1.40 bits per heavy atom. The molecule has 0 spiro atoms. The van der Waals surface area contributed by atoms with Gasteiger partial charge < -0.3 is 8.98 Å². The van der Waals surface area contributed by atoms with Crippen molar-refractivity contribution in [2.45, 2.75) is 97.3 Å². The summed E-state index contributed by atoms with van der Waals surface area (Å²) in [4.78, 5) is 14.7. The summed E-state index contributed by atoms with van der Waals surface area (Å²) in [5.41, 5.74) is 15.9. The zero-order chi connectivity index (χ0) is 46.5. The average Bonchev–Trinajstić information content (AvgIpc) is 3.84. The van der Waals surface area contributed by atoms with Crippen molar-refractivity contribution in [1.29, 1.82) is 0 Å². The van der Waals surface area contributed by atoms with Crippen molar-refractivity contribution in [3.63, 3.8) is 0 Å². The van der Waals surface area contributed by atoms with Crippen LogP contribution in [-0.2, 0) is 20.1 Å². The minimum Gasteiger partial charge on any atom is 0 e. The monoisotopic (exact) mass is 1070 g/mol. The average molecular weight is 1070 g/mol. The molecule has 323 valence electrons. The normalized spacial score (nSPS) is 12.7. The molecule has 0 unspecified atom stereocenters. The van der Waals surface area contributed by atoms with Crippen molar-refractivity contribution >= 4 is 50.6 Å². The van der Waals surface area contributed by atoms with Crippen molar-refractivity contribution in [2.75, 3.05) is 0 Å². The Morgan fingerprint density at radius 1 is 0.714 bits per heavy atom. The van der Waals surface area contributed by atoms with Gasteiger partial charge in [0, 0.05) is 36.9 Å². The molecule has 4 aromatic heterocycles. The summed E-state index contributed by atoms with van der Waals surface area (Å²) in [6, 6.07) is 43.6. The number of rotatable bonds is 8. The molecule has 0 aliphatic rings. The van der Waals surface area contributed by atoms with E-state index in [0.29, 0.717) is 11.5 Å². The van der Waals surface area contributed by atoms with Crippen LogP contribution < -0.4 is 4.40 Å². The van der Waals surface area contributed by atoms with E-state index in [1.165, 1.54) is 37.9 Å². The largest absolute Gasteiger partial charge is 0 e. The molecular formula is C56H58GeIrN4O-2. The van der Waals surface area contributed by atoms with Crippen molar-refractivity contribution in [1.82, 2.24) is 19.5 Å². The number of aryl methyl sites for hydroxylation is 3. The number of benzene rings is 5. The van der Waals surface area contributed by atoms with Crippen LogP contribution in [0.2, 0.25) is 17.3 Å². The van der Waals surface area contributed by atoms with Crippen molar-refractivity contribution < 1.29 is 28.6 Å². The summed E-state index contributed by atoms with van der Waals surface area (Å²) < 4.78 is 32.6. The fraction of sp³-hybridized carbons (Fsp3) is 0.268. The van der Waals surface area contributed by atoms with Gasteiger partial charge >= 0.3 is 130 Å². The maximum absolute atomic E-state index is 7.44. The quantitative estimate of drug-likeness (QED) is 0.112. The number of hydrogen-bond acceptors (Lipinski definition) is 4. The Morgan fingerprint density at radius 3 is 2.03 bits per heavy atom. The molecule has 0 N–H and O–H groups in total. The van der Waals surface area contributed by atoms with Gasteiger partial charge in [-0.05, 0) is 72.2 Å². The molecule has 4 heterocycles.